The Labute approximate surface area is 80.9 Å². The summed E-state index contributed by atoms with van der Waals surface area (Å²) in [6, 6.07) is -0.474. The lowest BCUT2D eigenvalue weighted by Crippen LogP contribution is -2.32. The minimum absolute atomic E-state index is 0. The zero-order valence-electron chi connectivity index (χ0n) is 6.78. The third-order valence-corrected chi connectivity index (χ3v) is 2.04. The van der Waals surface area contributed by atoms with Crippen molar-refractivity contribution in [1.82, 2.24) is 10.2 Å². The maximum absolute atomic E-state index is 10.6. The van der Waals surface area contributed by atoms with Gasteiger partial charge >= 0.3 is 5.97 Å². The molecule has 1 aliphatic heterocycles. The SMILES string of the molecule is Cl.O=C(O)C1CCc2cn[nH]c2N1. The summed E-state index contributed by atoms with van der Waals surface area (Å²) < 4.78 is 0. The van der Waals surface area contributed by atoms with Gasteiger partial charge in [-0.1, -0.05) is 0 Å². The van der Waals surface area contributed by atoms with Crippen molar-refractivity contribution in [2.75, 3.05) is 5.32 Å². The molecule has 0 aromatic carbocycles. The van der Waals surface area contributed by atoms with Crippen LogP contribution in [0.25, 0.3) is 0 Å². The maximum Gasteiger partial charge on any atom is 0.326 e. The van der Waals surface area contributed by atoms with E-state index in [2.05, 4.69) is 15.5 Å². The number of aromatic nitrogens is 2. The van der Waals surface area contributed by atoms with Gasteiger partial charge in [-0.15, -0.1) is 12.4 Å². The standard InChI is InChI=1S/C7H9N3O2.ClH/c11-7(12)5-2-1-4-3-8-10-6(4)9-5;/h3,5H,1-2H2,(H,11,12)(H2,8,9,10);1H. The highest BCUT2D eigenvalue weighted by Crippen LogP contribution is 2.21. The zero-order chi connectivity index (χ0) is 8.55. The molecule has 2 rings (SSSR count). The number of anilines is 1. The maximum atomic E-state index is 10.6. The van der Waals surface area contributed by atoms with Crippen molar-refractivity contribution >= 4 is 24.2 Å². The van der Waals surface area contributed by atoms with Crippen LogP contribution in [0.1, 0.15) is 12.0 Å². The molecule has 1 unspecified atom stereocenters. The number of hydrogen-bond donors (Lipinski definition) is 3. The number of rotatable bonds is 1. The predicted octanol–water partition coefficient (Wildman–Crippen LogP) is 0.643. The van der Waals surface area contributed by atoms with Crippen LogP contribution in [0.5, 0.6) is 0 Å². The van der Waals surface area contributed by atoms with Gasteiger partial charge in [-0.25, -0.2) is 4.79 Å². The number of nitrogens with one attached hydrogen (secondary N) is 2. The van der Waals surface area contributed by atoms with Crippen LogP contribution < -0.4 is 5.32 Å². The Hall–Kier alpha value is -1.23. The largest absolute Gasteiger partial charge is 0.480 e. The Bertz CT molecular complexity index is 312. The van der Waals surface area contributed by atoms with Crippen molar-refractivity contribution in [3.8, 4) is 0 Å². The molecule has 0 radical (unpaired) electrons. The number of nitrogens with zero attached hydrogens (tertiary/aromatic N) is 1. The van der Waals surface area contributed by atoms with Gasteiger partial charge in [0.05, 0.1) is 6.20 Å². The van der Waals surface area contributed by atoms with Crippen LogP contribution in [0.4, 0.5) is 5.82 Å². The number of aliphatic carboxylic acids is 1. The minimum atomic E-state index is -0.810. The summed E-state index contributed by atoms with van der Waals surface area (Å²) in [6.45, 7) is 0. The number of carboxylic acids is 1. The quantitative estimate of drug-likeness (QED) is 0.626. The molecular formula is C7H10ClN3O2. The number of aryl methyl sites for hydroxylation is 1. The number of carboxylic acid groups (broad SMARTS) is 1. The molecule has 6 heteroatoms. The normalized spacial score (nSPS) is 19.5. The topological polar surface area (TPSA) is 78.0 Å². The van der Waals surface area contributed by atoms with Crippen LogP contribution in [0.15, 0.2) is 6.20 Å². The second-order valence-corrected chi connectivity index (χ2v) is 2.84. The van der Waals surface area contributed by atoms with E-state index in [1.165, 1.54) is 0 Å². The third-order valence-electron chi connectivity index (χ3n) is 2.04. The molecule has 1 aromatic heterocycles. The Balaban J connectivity index is 0.000000845. The first-order valence-corrected chi connectivity index (χ1v) is 3.79. The van der Waals surface area contributed by atoms with Crippen molar-refractivity contribution in [2.24, 2.45) is 0 Å². The molecule has 0 amide bonds. The Morgan fingerprint density at radius 2 is 2.46 bits per heavy atom. The van der Waals surface area contributed by atoms with Crippen LogP contribution in [0, 0.1) is 0 Å². The first-order valence-electron chi connectivity index (χ1n) is 3.79. The summed E-state index contributed by atoms with van der Waals surface area (Å²) in [5.74, 6) is -0.0658. The van der Waals surface area contributed by atoms with Crippen molar-refractivity contribution in [1.29, 1.82) is 0 Å². The lowest BCUT2D eigenvalue weighted by Gasteiger charge is -2.19. The third kappa shape index (κ3) is 1.75. The second kappa shape index (κ2) is 3.66. The van der Waals surface area contributed by atoms with E-state index in [9.17, 15) is 4.79 Å². The molecule has 13 heavy (non-hydrogen) atoms. The number of H-pyrrole nitrogens is 1. The smallest absolute Gasteiger partial charge is 0.326 e. The van der Waals surface area contributed by atoms with Gasteiger partial charge in [0.15, 0.2) is 0 Å². The molecule has 1 aromatic rings. The lowest BCUT2D eigenvalue weighted by molar-refractivity contribution is -0.138. The van der Waals surface area contributed by atoms with E-state index in [1.54, 1.807) is 6.20 Å². The second-order valence-electron chi connectivity index (χ2n) is 2.84. The van der Waals surface area contributed by atoms with Crippen molar-refractivity contribution in [3.05, 3.63) is 11.8 Å². The summed E-state index contributed by atoms with van der Waals surface area (Å²) >= 11 is 0. The molecule has 0 saturated carbocycles. The Morgan fingerprint density at radius 1 is 1.69 bits per heavy atom. The summed E-state index contributed by atoms with van der Waals surface area (Å²) in [5.41, 5.74) is 1.06. The van der Waals surface area contributed by atoms with Crippen LogP contribution >= 0.6 is 12.4 Å². The molecule has 3 N–H and O–H groups in total. The molecule has 0 fully saturated rings. The number of fused-ring (bicyclic) bond motifs is 1. The number of halogens is 1. The average molecular weight is 204 g/mol. The van der Waals surface area contributed by atoms with E-state index in [4.69, 9.17) is 5.11 Å². The Kier molecular flexibility index (Phi) is 2.77. The average Bonchev–Trinajstić information content (AvgIpc) is 2.49. The van der Waals surface area contributed by atoms with E-state index in [0.29, 0.717) is 6.42 Å². The fraction of sp³-hybridized carbons (Fsp3) is 0.429. The van der Waals surface area contributed by atoms with Gasteiger partial charge in [0.25, 0.3) is 0 Å². The fourth-order valence-corrected chi connectivity index (χ4v) is 1.36. The zero-order valence-corrected chi connectivity index (χ0v) is 7.60. The van der Waals surface area contributed by atoms with Crippen LogP contribution in [0.3, 0.4) is 0 Å². The van der Waals surface area contributed by atoms with Crippen molar-refractivity contribution in [2.45, 2.75) is 18.9 Å². The van der Waals surface area contributed by atoms with Gasteiger partial charge in [-0.2, -0.15) is 5.10 Å². The highest BCUT2D eigenvalue weighted by Gasteiger charge is 2.23. The minimum Gasteiger partial charge on any atom is -0.480 e. The van der Waals surface area contributed by atoms with Gasteiger partial charge < -0.3 is 10.4 Å². The molecule has 1 atom stereocenters. The number of aromatic amines is 1. The highest BCUT2D eigenvalue weighted by atomic mass is 35.5. The van der Waals surface area contributed by atoms with E-state index in [0.717, 1.165) is 17.8 Å². The van der Waals surface area contributed by atoms with Gasteiger partial charge in [-0.05, 0) is 12.8 Å². The van der Waals surface area contributed by atoms with E-state index in [1.807, 2.05) is 0 Å². The number of carbonyl (C=O) groups is 1. The summed E-state index contributed by atoms with van der Waals surface area (Å²) in [5, 5.41) is 18.1. The van der Waals surface area contributed by atoms with Crippen molar-refractivity contribution in [3.63, 3.8) is 0 Å². The monoisotopic (exact) mass is 203 g/mol. The van der Waals surface area contributed by atoms with Gasteiger partial charge in [0, 0.05) is 5.56 Å². The van der Waals surface area contributed by atoms with Gasteiger partial charge in [0.2, 0.25) is 0 Å². The van der Waals surface area contributed by atoms with Gasteiger partial charge in [-0.3, -0.25) is 5.10 Å². The molecule has 1 aliphatic rings. The molecule has 0 saturated heterocycles. The molecule has 2 heterocycles. The van der Waals surface area contributed by atoms with Crippen LogP contribution in [-0.4, -0.2) is 27.3 Å². The summed E-state index contributed by atoms with van der Waals surface area (Å²) in [4.78, 5) is 10.6. The molecular weight excluding hydrogens is 194 g/mol. The summed E-state index contributed by atoms with van der Waals surface area (Å²) in [7, 11) is 0. The highest BCUT2D eigenvalue weighted by molar-refractivity contribution is 5.85. The fourth-order valence-electron chi connectivity index (χ4n) is 1.36. The van der Waals surface area contributed by atoms with Gasteiger partial charge in [0.1, 0.15) is 11.9 Å². The van der Waals surface area contributed by atoms with E-state index >= 15 is 0 Å². The molecule has 0 spiro atoms. The van der Waals surface area contributed by atoms with Crippen LogP contribution in [-0.2, 0) is 11.2 Å². The van der Waals surface area contributed by atoms with E-state index < -0.39 is 12.0 Å². The molecule has 72 valence electrons. The first-order chi connectivity index (χ1) is 5.77. The predicted molar refractivity (Wildman–Crippen MR) is 49.2 cm³/mol. The summed E-state index contributed by atoms with van der Waals surface area (Å²) in [6.07, 6.45) is 3.12. The molecule has 5 nitrogen and oxygen atoms in total. The molecule has 0 bridgehead atoms. The molecule has 0 aliphatic carbocycles. The Morgan fingerprint density at radius 3 is 3.15 bits per heavy atom. The van der Waals surface area contributed by atoms with Crippen LogP contribution in [0.2, 0.25) is 0 Å². The first kappa shape index (κ1) is 9.85. The lowest BCUT2D eigenvalue weighted by atomic mass is 10.0. The van der Waals surface area contributed by atoms with E-state index in [-0.39, 0.29) is 12.4 Å². The number of hydrogen-bond acceptors (Lipinski definition) is 3. The van der Waals surface area contributed by atoms with Crippen molar-refractivity contribution < 1.29 is 9.90 Å².